The number of aromatic nitrogens is 1. The molecule has 0 aliphatic heterocycles. The van der Waals surface area contributed by atoms with Gasteiger partial charge in [0.2, 0.25) is 5.78 Å². The Labute approximate surface area is 107 Å². The van der Waals surface area contributed by atoms with Crippen LogP contribution in [0, 0.1) is 0 Å². The van der Waals surface area contributed by atoms with Gasteiger partial charge < -0.3 is 4.98 Å². The molecule has 2 nitrogen and oxygen atoms in total. The number of hydrogen-bond acceptors (Lipinski definition) is 1. The van der Waals surface area contributed by atoms with Crippen LogP contribution >= 0.6 is 34.8 Å². The number of benzene rings is 1. The molecule has 0 bridgehead atoms. The molecule has 0 radical (unpaired) electrons. The summed E-state index contributed by atoms with van der Waals surface area (Å²) < 4.78 is 0. The molecule has 1 aromatic heterocycles. The van der Waals surface area contributed by atoms with E-state index in [-0.39, 0.29) is 10.9 Å². The van der Waals surface area contributed by atoms with E-state index in [1.54, 1.807) is 24.3 Å². The van der Waals surface area contributed by atoms with Crippen molar-refractivity contribution in [2.45, 2.75) is 0 Å². The zero-order valence-corrected chi connectivity index (χ0v) is 10.2. The highest BCUT2D eigenvalue weighted by molar-refractivity contribution is 6.41. The molecule has 0 aliphatic rings. The molecule has 2 aromatic rings. The Kier molecular flexibility index (Phi) is 3.24. The van der Waals surface area contributed by atoms with Crippen molar-refractivity contribution in [3.63, 3.8) is 0 Å². The Morgan fingerprint density at radius 2 is 1.88 bits per heavy atom. The summed E-state index contributed by atoms with van der Waals surface area (Å²) in [7, 11) is 0. The van der Waals surface area contributed by atoms with Crippen molar-refractivity contribution in [3.8, 4) is 0 Å². The maximum absolute atomic E-state index is 12.0. The third kappa shape index (κ3) is 2.24. The molecule has 1 N–H and O–H groups in total. The van der Waals surface area contributed by atoms with Crippen molar-refractivity contribution >= 4 is 40.6 Å². The molecule has 16 heavy (non-hydrogen) atoms. The fourth-order valence-corrected chi connectivity index (χ4v) is 1.81. The van der Waals surface area contributed by atoms with Crippen molar-refractivity contribution < 1.29 is 4.79 Å². The number of carbonyl (C=O) groups excluding carboxylic acids is 1. The smallest absolute Gasteiger partial charge is 0.209 e. The van der Waals surface area contributed by atoms with E-state index < -0.39 is 0 Å². The Hall–Kier alpha value is -0.960. The van der Waals surface area contributed by atoms with E-state index in [9.17, 15) is 4.79 Å². The minimum atomic E-state index is -0.198. The summed E-state index contributed by atoms with van der Waals surface area (Å²) >= 11 is 17.3. The highest BCUT2D eigenvalue weighted by atomic mass is 35.5. The van der Waals surface area contributed by atoms with E-state index in [2.05, 4.69) is 4.98 Å². The molecule has 5 heteroatoms. The standard InChI is InChI=1S/C11H6Cl3NO/c12-7-3-1-2-6(4-7)10(16)9-5-8(13)11(14)15-9/h1-5,15H. The van der Waals surface area contributed by atoms with E-state index in [1.165, 1.54) is 6.07 Å². The molecule has 1 heterocycles. The quantitative estimate of drug-likeness (QED) is 0.818. The molecular formula is C11H6Cl3NO. The molecule has 0 saturated carbocycles. The lowest BCUT2D eigenvalue weighted by atomic mass is 10.1. The molecule has 0 aliphatic carbocycles. The van der Waals surface area contributed by atoms with Crippen LogP contribution < -0.4 is 0 Å². The zero-order chi connectivity index (χ0) is 11.7. The lowest BCUT2D eigenvalue weighted by Gasteiger charge is -1.98. The Morgan fingerprint density at radius 1 is 1.12 bits per heavy atom. The largest absolute Gasteiger partial charge is 0.342 e. The van der Waals surface area contributed by atoms with Gasteiger partial charge in [-0.05, 0) is 18.2 Å². The zero-order valence-electron chi connectivity index (χ0n) is 7.93. The summed E-state index contributed by atoms with van der Waals surface area (Å²) in [6.45, 7) is 0. The molecular weight excluding hydrogens is 268 g/mol. The molecule has 2 rings (SSSR count). The van der Waals surface area contributed by atoms with E-state index in [0.717, 1.165) is 0 Å². The number of ketones is 1. The van der Waals surface area contributed by atoms with Crippen LogP contribution in [0.15, 0.2) is 30.3 Å². The first-order chi connectivity index (χ1) is 7.58. The third-order valence-corrected chi connectivity index (χ3v) is 2.98. The molecule has 0 saturated heterocycles. The average Bonchev–Trinajstić information content (AvgIpc) is 2.58. The molecule has 0 atom stereocenters. The second-order valence-corrected chi connectivity index (χ2v) is 4.41. The van der Waals surface area contributed by atoms with Crippen molar-refractivity contribution in [1.82, 2.24) is 4.98 Å². The number of carbonyl (C=O) groups is 1. The van der Waals surface area contributed by atoms with Crippen molar-refractivity contribution in [2.75, 3.05) is 0 Å². The van der Waals surface area contributed by atoms with Crippen molar-refractivity contribution in [3.05, 3.63) is 56.8 Å². The van der Waals surface area contributed by atoms with Gasteiger partial charge in [-0.3, -0.25) is 4.79 Å². The molecule has 82 valence electrons. The van der Waals surface area contributed by atoms with Crippen LogP contribution in [0.2, 0.25) is 15.2 Å². The Morgan fingerprint density at radius 3 is 2.44 bits per heavy atom. The lowest BCUT2D eigenvalue weighted by molar-refractivity contribution is 0.103. The van der Waals surface area contributed by atoms with Crippen molar-refractivity contribution in [2.24, 2.45) is 0 Å². The van der Waals surface area contributed by atoms with Gasteiger partial charge in [0.1, 0.15) is 5.15 Å². The van der Waals surface area contributed by atoms with E-state index in [4.69, 9.17) is 34.8 Å². The first kappa shape index (κ1) is 11.5. The molecule has 1 aromatic carbocycles. The number of rotatable bonds is 2. The monoisotopic (exact) mass is 273 g/mol. The van der Waals surface area contributed by atoms with Gasteiger partial charge in [0.05, 0.1) is 10.7 Å². The van der Waals surface area contributed by atoms with E-state index in [0.29, 0.717) is 21.3 Å². The van der Waals surface area contributed by atoms with Crippen LogP contribution in [0.25, 0.3) is 0 Å². The first-order valence-corrected chi connectivity index (χ1v) is 5.55. The van der Waals surface area contributed by atoms with Gasteiger partial charge in [-0.25, -0.2) is 0 Å². The van der Waals surface area contributed by atoms with Crippen molar-refractivity contribution in [1.29, 1.82) is 0 Å². The molecule has 0 fully saturated rings. The molecule has 0 amide bonds. The summed E-state index contributed by atoms with van der Waals surface area (Å²) in [5.41, 5.74) is 0.833. The molecule has 0 spiro atoms. The van der Waals surface area contributed by atoms with Crippen LogP contribution in [-0.2, 0) is 0 Å². The first-order valence-electron chi connectivity index (χ1n) is 4.42. The number of nitrogens with one attached hydrogen (secondary N) is 1. The third-order valence-electron chi connectivity index (χ3n) is 2.06. The second-order valence-electron chi connectivity index (χ2n) is 3.18. The highest BCUT2D eigenvalue weighted by Crippen LogP contribution is 2.23. The predicted molar refractivity (Wildman–Crippen MR) is 65.7 cm³/mol. The normalized spacial score (nSPS) is 10.4. The minimum absolute atomic E-state index is 0.198. The van der Waals surface area contributed by atoms with Crippen LogP contribution in [-0.4, -0.2) is 10.8 Å². The Balaban J connectivity index is 2.39. The van der Waals surface area contributed by atoms with Crippen LogP contribution in [0.3, 0.4) is 0 Å². The van der Waals surface area contributed by atoms with Gasteiger partial charge >= 0.3 is 0 Å². The van der Waals surface area contributed by atoms with Gasteiger partial charge in [-0.15, -0.1) is 0 Å². The number of hydrogen-bond donors (Lipinski definition) is 1. The molecule has 0 unspecified atom stereocenters. The van der Waals surface area contributed by atoms with Crippen LogP contribution in [0.4, 0.5) is 0 Å². The maximum atomic E-state index is 12.0. The summed E-state index contributed by atoms with van der Waals surface area (Å²) in [6, 6.07) is 8.17. The lowest BCUT2D eigenvalue weighted by Crippen LogP contribution is -2.01. The topological polar surface area (TPSA) is 32.9 Å². The summed E-state index contributed by atoms with van der Waals surface area (Å²) in [5.74, 6) is -0.198. The number of halogens is 3. The van der Waals surface area contributed by atoms with Gasteiger partial charge in [-0.1, -0.05) is 46.9 Å². The fraction of sp³-hybridized carbons (Fsp3) is 0. The van der Waals surface area contributed by atoms with E-state index >= 15 is 0 Å². The number of aromatic amines is 1. The average molecular weight is 275 g/mol. The van der Waals surface area contributed by atoms with Gasteiger partial charge in [0.15, 0.2) is 0 Å². The predicted octanol–water partition coefficient (Wildman–Crippen LogP) is 4.21. The summed E-state index contributed by atoms with van der Waals surface area (Å²) in [4.78, 5) is 14.7. The SMILES string of the molecule is O=C(c1cccc(Cl)c1)c1cc(Cl)c(Cl)[nH]1. The van der Waals surface area contributed by atoms with Crippen LogP contribution in [0.1, 0.15) is 16.1 Å². The summed E-state index contributed by atoms with van der Waals surface area (Å²) in [5, 5.41) is 1.09. The number of H-pyrrole nitrogens is 1. The maximum Gasteiger partial charge on any atom is 0.209 e. The Bertz CT molecular complexity index is 528. The van der Waals surface area contributed by atoms with E-state index in [1.807, 2.05) is 0 Å². The summed E-state index contributed by atoms with van der Waals surface area (Å²) in [6.07, 6.45) is 0. The van der Waals surface area contributed by atoms with Gasteiger partial charge in [-0.2, -0.15) is 0 Å². The highest BCUT2D eigenvalue weighted by Gasteiger charge is 2.13. The van der Waals surface area contributed by atoms with Gasteiger partial charge in [0.25, 0.3) is 0 Å². The minimum Gasteiger partial charge on any atom is -0.342 e. The van der Waals surface area contributed by atoms with Gasteiger partial charge in [0, 0.05) is 10.6 Å². The second kappa shape index (κ2) is 4.50. The fourth-order valence-electron chi connectivity index (χ4n) is 1.31. The van der Waals surface area contributed by atoms with Crippen LogP contribution in [0.5, 0.6) is 0 Å².